The van der Waals surface area contributed by atoms with Crippen molar-refractivity contribution in [2.75, 3.05) is 7.05 Å². The molecule has 1 aromatic heterocycles. The molecule has 1 N–H and O–H groups in total. The molecule has 1 fully saturated rings. The monoisotopic (exact) mass is 232 g/mol. The zero-order valence-electron chi connectivity index (χ0n) is 9.09. The summed E-state index contributed by atoms with van der Waals surface area (Å²) in [5.74, 6) is 0.590. The molecule has 16 heavy (non-hydrogen) atoms. The summed E-state index contributed by atoms with van der Waals surface area (Å²) < 4.78 is 37.7. The van der Waals surface area contributed by atoms with E-state index < -0.39 is 12.7 Å². The SMILES string of the molecule is CNC(c1ccn(CC(F)(F)F)c1)C1CC1. The third-order valence-corrected chi connectivity index (χ3v) is 2.90. The van der Waals surface area contributed by atoms with Gasteiger partial charge in [-0.25, -0.2) is 0 Å². The Bertz CT molecular complexity index is 352. The Hall–Kier alpha value is -0.970. The molecule has 0 bridgehead atoms. The van der Waals surface area contributed by atoms with Crippen LogP contribution in [-0.4, -0.2) is 17.8 Å². The van der Waals surface area contributed by atoms with Crippen molar-refractivity contribution >= 4 is 0 Å². The lowest BCUT2D eigenvalue weighted by Gasteiger charge is -2.13. The first kappa shape index (κ1) is 11.5. The molecule has 90 valence electrons. The van der Waals surface area contributed by atoms with Crippen molar-refractivity contribution in [3.63, 3.8) is 0 Å². The van der Waals surface area contributed by atoms with E-state index in [1.165, 1.54) is 10.8 Å². The van der Waals surface area contributed by atoms with E-state index in [0.29, 0.717) is 5.92 Å². The highest BCUT2D eigenvalue weighted by atomic mass is 19.4. The topological polar surface area (TPSA) is 17.0 Å². The summed E-state index contributed by atoms with van der Waals surface area (Å²) in [6.45, 7) is -0.909. The molecule has 0 radical (unpaired) electrons. The fourth-order valence-corrected chi connectivity index (χ4v) is 2.05. The maximum Gasteiger partial charge on any atom is 0.406 e. The van der Waals surface area contributed by atoms with Gasteiger partial charge in [0.25, 0.3) is 0 Å². The van der Waals surface area contributed by atoms with Crippen LogP contribution in [0.4, 0.5) is 13.2 Å². The summed E-state index contributed by atoms with van der Waals surface area (Å²) in [6, 6.07) is 1.97. The molecule has 0 aromatic carbocycles. The van der Waals surface area contributed by atoms with Crippen molar-refractivity contribution < 1.29 is 13.2 Å². The number of hydrogen-bond donors (Lipinski definition) is 1. The summed E-state index contributed by atoms with van der Waals surface area (Å²) in [5.41, 5.74) is 0.953. The molecule has 2 nitrogen and oxygen atoms in total. The number of halogens is 3. The third kappa shape index (κ3) is 2.78. The molecular formula is C11H15F3N2. The lowest BCUT2D eigenvalue weighted by molar-refractivity contribution is -0.140. The van der Waals surface area contributed by atoms with Crippen molar-refractivity contribution in [3.05, 3.63) is 24.0 Å². The Morgan fingerprint density at radius 3 is 2.69 bits per heavy atom. The van der Waals surface area contributed by atoms with E-state index in [0.717, 1.165) is 18.4 Å². The van der Waals surface area contributed by atoms with Crippen molar-refractivity contribution in [1.29, 1.82) is 0 Å². The summed E-state index contributed by atoms with van der Waals surface area (Å²) in [5, 5.41) is 3.16. The van der Waals surface area contributed by atoms with Crippen LogP contribution in [0.5, 0.6) is 0 Å². The van der Waals surface area contributed by atoms with Gasteiger partial charge in [0, 0.05) is 18.4 Å². The fourth-order valence-electron chi connectivity index (χ4n) is 2.05. The minimum absolute atomic E-state index is 0.203. The van der Waals surface area contributed by atoms with Crippen LogP contribution in [0.15, 0.2) is 18.5 Å². The first-order valence-electron chi connectivity index (χ1n) is 5.39. The van der Waals surface area contributed by atoms with Gasteiger partial charge >= 0.3 is 6.18 Å². The predicted molar refractivity (Wildman–Crippen MR) is 55.0 cm³/mol. The number of hydrogen-bond acceptors (Lipinski definition) is 1. The maximum absolute atomic E-state index is 12.2. The van der Waals surface area contributed by atoms with Crippen LogP contribution in [0.1, 0.15) is 24.4 Å². The van der Waals surface area contributed by atoms with Crippen molar-refractivity contribution in [2.24, 2.45) is 5.92 Å². The Morgan fingerprint density at radius 1 is 1.50 bits per heavy atom. The Balaban J connectivity index is 2.06. The van der Waals surface area contributed by atoms with E-state index in [1.54, 1.807) is 12.3 Å². The molecule has 2 rings (SSSR count). The molecule has 1 heterocycles. The van der Waals surface area contributed by atoms with Crippen molar-refractivity contribution in [2.45, 2.75) is 31.6 Å². The smallest absolute Gasteiger partial charge is 0.345 e. The Labute approximate surface area is 92.4 Å². The van der Waals surface area contributed by atoms with Crippen molar-refractivity contribution in [1.82, 2.24) is 9.88 Å². The van der Waals surface area contributed by atoms with Crippen molar-refractivity contribution in [3.8, 4) is 0 Å². The van der Waals surface area contributed by atoms with E-state index in [2.05, 4.69) is 5.32 Å². The lowest BCUT2D eigenvalue weighted by Crippen LogP contribution is -2.18. The van der Waals surface area contributed by atoms with Crippen LogP contribution in [0, 0.1) is 5.92 Å². The number of nitrogens with one attached hydrogen (secondary N) is 1. The van der Waals surface area contributed by atoms with Gasteiger partial charge in [-0.3, -0.25) is 0 Å². The number of alkyl halides is 3. The zero-order valence-corrected chi connectivity index (χ0v) is 9.09. The minimum atomic E-state index is -4.15. The second-order valence-electron chi connectivity index (χ2n) is 4.34. The van der Waals surface area contributed by atoms with Gasteiger partial charge in [0.15, 0.2) is 0 Å². The zero-order chi connectivity index (χ0) is 11.8. The average Bonchev–Trinajstić information content (AvgIpc) is 2.88. The predicted octanol–water partition coefficient (Wildman–Crippen LogP) is 2.72. The highest BCUT2D eigenvalue weighted by molar-refractivity contribution is 5.18. The fraction of sp³-hybridized carbons (Fsp3) is 0.636. The van der Waals surface area contributed by atoms with E-state index in [1.807, 2.05) is 7.05 Å². The summed E-state index contributed by atoms with van der Waals surface area (Å²) >= 11 is 0. The average molecular weight is 232 g/mol. The van der Waals surface area contributed by atoms with Crippen LogP contribution < -0.4 is 5.32 Å². The van der Waals surface area contributed by atoms with E-state index in [9.17, 15) is 13.2 Å². The van der Waals surface area contributed by atoms with Gasteiger partial charge in [-0.2, -0.15) is 13.2 Å². The van der Waals surface area contributed by atoms with Crippen LogP contribution in [0.2, 0.25) is 0 Å². The molecule has 1 atom stereocenters. The van der Waals surface area contributed by atoms with Crippen LogP contribution in [0.25, 0.3) is 0 Å². The summed E-state index contributed by atoms with van der Waals surface area (Å²) in [7, 11) is 1.85. The molecular weight excluding hydrogens is 217 g/mol. The normalized spacial score (nSPS) is 18.8. The van der Waals surface area contributed by atoms with E-state index >= 15 is 0 Å². The molecule has 1 aliphatic carbocycles. The molecule has 0 spiro atoms. The highest BCUT2D eigenvalue weighted by Crippen LogP contribution is 2.40. The molecule has 1 aliphatic rings. The Morgan fingerprint density at radius 2 is 2.19 bits per heavy atom. The molecule has 0 aliphatic heterocycles. The molecule has 0 amide bonds. The molecule has 1 aromatic rings. The largest absolute Gasteiger partial charge is 0.406 e. The van der Waals surface area contributed by atoms with Gasteiger partial charge in [-0.05, 0) is 37.4 Å². The van der Waals surface area contributed by atoms with E-state index in [-0.39, 0.29) is 6.04 Å². The van der Waals surface area contributed by atoms with Crippen LogP contribution >= 0.6 is 0 Å². The standard InChI is InChI=1S/C11H15F3N2/c1-15-10(8-2-3-8)9-4-5-16(6-9)7-11(12,13)14/h4-6,8,10,15H,2-3,7H2,1H3. The summed E-state index contributed by atoms with van der Waals surface area (Å²) in [6.07, 6.45) is 1.26. The molecule has 5 heteroatoms. The first-order chi connectivity index (χ1) is 7.49. The number of nitrogens with zero attached hydrogens (tertiary/aromatic N) is 1. The van der Waals surface area contributed by atoms with Gasteiger partial charge in [0.1, 0.15) is 6.54 Å². The quantitative estimate of drug-likeness (QED) is 0.844. The second-order valence-corrected chi connectivity index (χ2v) is 4.34. The van der Waals surface area contributed by atoms with Gasteiger partial charge in [0.05, 0.1) is 0 Å². The molecule has 0 saturated heterocycles. The van der Waals surface area contributed by atoms with E-state index in [4.69, 9.17) is 0 Å². The van der Waals surface area contributed by atoms with Crippen LogP contribution in [-0.2, 0) is 6.54 Å². The Kier molecular flexibility index (Phi) is 2.97. The lowest BCUT2D eigenvalue weighted by atomic mass is 10.1. The van der Waals surface area contributed by atoms with Gasteiger partial charge in [-0.15, -0.1) is 0 Å². The summed E-state index contributed by atoms with van der Waals surface area (Å²) in [4.78, 5) is 0. The third-order valence-electron chi connectivity index (χ3n) is 2.90. The molecule has 1 saturated carbocycles. The highest BCUT2D eigenvalue weighted by Gasteiger charge is 2.32. The van der Waals surface area contributed by atoms with Crippen LogP contribution in [0.3, 0.4) is 0 Å². The molecule has 1 unspecified atom stereocenters. The van der Waals surface area contributed by atoms with Gasteiger partial charge in [-0.1, -0.05) is 0 Å². The first-order valence-corrected chi connectivity index (χ1v) is 5.39. The number of rotatable bonds is 4. The van der Waals surface area contributed by atoms with Gasteiger partial charge < -0.3 is 9.88 Å². The maximum atomic E-state index is 12.2. The minimum Gasteiger partial charge on any atom is -0.345 e. The van der Waals surface area contributed by atoms with Gasteiger partial charge in [0.2, 0.25) is 0 Å². The second kappa shape index (κ2) is 4.13. The number of aromatic nitrogens is 1.